The average molecular weight is 376 g/mol. The molecular weight excluding hydrogens is 340 g/mol. The Labute approximate surface area is 162 Å². The smallest absolute Gasteiger partial charge is 0.139 e. The minimum Gasteiger partial charge on any atom is -0.501 e. The number of hydrogen-bond donors (Lipinski definition) is 0. The number of methoxy groups -OCH3 is 1. The molecule has 0 amide bonds. The number of hydrogen-bond acceptors (Lipinski definition) is 2. The van der Waals surface area contributed by atoms with Gasteiger partial charge in [-0.05, 0) is 71.4 Å². The lowest BCUT2D eigenvalue weighted by atomic mass is 9.48. The van der Waals surface area contributed by atoms with Gasteiger partial charge in [0, 0.05) is 24.2 Å². The summed E-state index contributed by atoms with van der Waals surface area (Å²) in [6.45, 7) is 4.81. The Kier molecular flexibility index (Phi) is 4.61. The predicted octanol–water partition coefficient (Wildman–Crippen LogP) is 4.76. The zero-order valence-electron chi connectivity index (χ0n) is 17.1. The minimum absolute atomic E-state index is 0.0465. The van der Waals surface area contributed by atoms with Gasteiger partial charge < -0.3 is 4.74 Å². The third kappa shape index (κ3) is 2.64. The van der Waals surface area contributed by atoms with Crippen molar-refractivity contribution in [3.8, 4) is 0 Å². The Morgan fingerprint density at radius 3 is 2.69 bits per heavy atom. The van der Waals surface area contributed by atoms with Gasteiger partial charge >= 0.3 is 0 Å². The van der Waals surface area contributed by atoms with Crippen LogP contribution in [-0.4, -0.2) is 31.2 Å². The number of ether oxygens (including phenoxy) is 1. The van der Waals surface area contributed by atoms with Crippen LogP contribution in [-0.2, 0) is 20.4 Å². The predicted molar refractivity (Wildman–Crippen MR) is 110 cm³/mol. The first-order valence-electron chi connectivity index (χ1n) is 10.3. The van der Waals surface area contributed by atoms with Crippen LogP contribution >= 0.6 is 0 Å². The van der Waals surface area contributed by atoms with E-state index >= 15 is 0 Å². The van der Waals surface area contributed by atoms with E-state index in [9.17, 15) is 4.79 Å². The number of allylic oxidation sites excluding steroid dienone is 4. The van der Waals surface area contributed by atoms with E-state index in [2.05, 4.69) is 38.5 Å². The van der Waals surface area contributed by atoms with Crippen molar-refractivity contribution in [3.63, 3.8) is 0 Å². The Balaban J connectivity index is 1.70. The van der Waals surface area contributed by atoms with Crippen molar-refractivity contribution < 1.29 is 9.53 Å². The van der Waals surface area contributed by atoms with Crippen LogP contribution in [0.3, 0.4) is 0 Å². The zero-order chi connectivity index (χ0) is 18.7. The maximum Gasteiger partial charge on any atom is 0.139 e. The van der Waals surface area contributed by atoms with Crippen molar-refractivity contribution in [2.45, 2.75) is 52.4 Å². The summed E-state index contributed by atoms with van der Waals surface area (Å²) >= 11 is 0. The third-order valence-corrected chi connectivity index (χ3v) is 9.48. The molecule has 0 spiro atoms. The van der Waals surface area contributed by atoms with Crippen molar-refractivity contribution in [3.05, 3.63) is 23.5 Å². The minimum atomic E-state index is -0.0465. The second-order valence-corrected chi connectivity index (χ2v) is 12.2. The van der Waals surface area contributed by atoms with Crippen LogP contribution in [0, 0.1) is 34.5 Å². The average Bonchev–Trinajstić information content (AvgIpc) is 2.84. The van der Waals surface area contributed by atoms with E-state index < -0.39 is 0 Å². The van der Waals surface area contributed by atoms with Gasteiger partial charge in [-0.15, -0.1) is 0 Å². The summed E-state index contributed by atoms with van der Waals surface area (Å²) in [6.07, 6.45) is 16.1. The summed E-state index contributed by atoms with van der Waals surface area (Å²) in [4.78, 5) is 13.0. The maximum absolute atomic E-state index is 13.0. The molecule has 144 valence electrons. The highest BCUT2D eigenvalue weighted by molar-refractivity contribution is 7.95. The lowest BCUT2D eigenvalue weighted by molar-refractivity contribution is -0.131. The van der Waals surface area contributed by atoms with Gasteiger partial charge in [-0.2, -0.15) is 0 Å². The fourth-order valence-electron chi connectivity index (χ4n) is 7.10. The van der Waals surface area contributed by atoms with Crippen LogP contribution in [0.5, 0.6) is 0 Å². The fourth-order valence-corrected chi connectivity index (χ4v) is 8.28. The summed E-state index contributed by atoms with van der Waals surface area (Å²) in [7, 11) is 2.22. The van der Waals surface area contributed by atoms with Crippen LogP contribution in [0.25, 0.3) is 0 Å². The van der Waals surface area contributed by atoms with Gasteiger partial charge in [0.25, 0.3) is 0 Å². The zero-order valence-corrected chi connectivity index (χ0v) is 18.0. The van der Waals surface area contributed by atoms with Crippen LogP contribution in [0.1, 0.15) is 52.4 Å². The molecule has 3 heteroatoms. The van der Waals surface area contributed by atoms with Crippen molar-refractivity contribution >= 4 is 16.7 Å². The van der Waals surface area contributed by atoms with E-state index in [1.54, 1.807) is 7.11 Å². The molecule has 4 aliphatic carbocycles. The van der Waals surface area contributed by atoms with E-state index in [0.717, 1.165) is 37.4 Å². The van der Waals surface area contributed by atoms with Crippen molar-refractivity contribution in [2.75, 3.05) is 25.4 Å². The number of ketones is 1. The van der Waals surface area contributed by atoms with Gasteiger partial charge in [0.2, 0.25) is 0 Å². The van der Waals surface area contributed by atoms with Gasteiger partial charge in [-0.3, -0.25) is 4.79 Å². The number of fused-ring (bicyclic) bond motifs is 5. The van der Waals surface area contributed by atoms with Gasteiger partial charge in [0.05, 0.1) is 25.4 Å². The van der Waals surface area contributed by atoms with Crippen LogP contribution in [0.4, 0.5) is 0 Å². The summed E-state index contributed by atoms with van der Waals surface area (Å²) in [5.41, 5.74) is 1.74. The first-order valence-corrected chi connectivity index (χ1v) is 12.5. The second kappa shape index (κ2) is 6.43. The molecule has 0 N–H and O–H groups in total. The molecular formula is C23H35O2S+. The lowest BCUT2D eigenvalue weighted by Crippen LogP contribution is -2.51. The summed E-state index contributed by atoms with van der Waals surface area (Å²) in [5.74, 6) is 5.61. The molecule has 0 heterocycles. The van der Waals surface area contributed by atoms with Crippen molar-refractivity contribution in [1.29, 1.82) is 0 Å². The summed E-state index contributed by atoms with van der Waals surface area (Å²) < 4.78 is 5.56. The molecule has 26 heavy (non-hydrogen) atoms. The third-order valence-electron chi connectivity index (χ3n) is 8.39. The van der Waals surface area contributed by atoms with Gasteiger partial charge in [0.1, 0.15) is 11.5 Å². The first kappa shape index (κ1) is 18.7. The van der Waals surface area contributed by atoms with Gasteiger partial charge in [-0.25, -0.2) is 0 Å². The molecule has 0 unspecified atom stereocenters. The first-order chi connectivity index (χ1) is 12.3. The molecule has 0 aromatic heterocycles. The monoisotopic (exact) mass is 375 g/mol. The van der Waals surface area contributed by atoms with Crippen LogP contribution in [0.15, 0.2) is 23.5 Å². The molecule has 0 bridgehead atoms. The van der Waals surface area contributed by atoms with Crippen molar-refractivity contribution in [2.24, 2.45) is 34.5 Å². The van der Waals surface area contributed by atoms with E-state index in [0.29, 0.717) is 34.4 Å². The number of rotatable bonds is 3. The molecule has 0 aromatic rings. The largest absolute Gasteiger partial charge is 0.501 e. The molecule has 6 atom stereocenters. The summed E-state index contributed by atoms with van der Waals surface area (Å²) in [6, 6.07) is 0. The van der Waals surface area contributed by atoms with Gasteiger partial charge in [0.15, 0.2) is 0 Å². The second-order valence-electron chi connectivity index (χ2n) is 9.92. The van der Waals surface area contributed by atoms with Crippen LogP contribution < -0.4 is 0 Å². The SMILES string of the molecule is COC1=CC2=CC[C@H]3[C@@H]4[C@H](C[S+](C)C)CC(=O)[C@@]4(C)CC[C@@H]3[C@@]2(C)CC1. The van der Waals surface area contributed by atoms with E-state index in [1.165, 1.54) is 24.2 Å². The molecule has 2 fully saturated rings. The molecule has 0 saturated heterocycles. The Morgan fingerprint density at radius 2 is 2.00 bits per heavy atom. The topological polar surface area (TPSA) is 26.3 Å². The number of carbonyl (C=O) groups is 1. The van der Waals surface area contributed by atoms with E-state index in [-0.39, 0.29) is 10.8 Å². The lowest BCUT2D eigenvalue weighted by Gasteiger charge is -2.56. The van der Waals surface area contributed by atoms with E-state index in [4.69, 9.17) is 4.74 Å². The molecule has 2 saturated carbocycles. The Morgan fingerprint density at radius 1 is 1.23 bits per heavy atom. The number of carbonyl (C=O) groups excluding carboxylic acids is 1. The Hall–Kier alpha value is -0.700. The molecule has 0 aromatic carbocycles. The molecule has 4 rings (SSSR count). The highest BCUT2D eigenvalue weighted by atomic mass is 32.2. The maximum atomic E-state index is 13.0. The molecule has 4 aliphatic rings. The van der Waals surface area contributed by atoms with Gasteiger partial charge in [-0.1, -0.05) is 19.9 Å². The van der Waals surface area contributed by atoms with E-state index in [1.807, 2.05) is 0 Å². The molecule has 0 radical (unpaired) electrons. The highest BCUT2D eigenvalue weighted by Gasteiger charge is 2.61. The standard InChI is InChI=1S/C23H35O2S/c1-22-10-8-17(25-3)13-16(22)6-7-18-19(22)9-11-23(2)20(24)12-15(21(18)23)14-26(4)5/h6,13,15,18-19,21H,7-12,14H2,1-5H3/q+1/t15-,18+,19-,21-,22-,23+/m0/s1. The molecule has 0 aliphatic heterocycles. The summed E-state index contributed by atoms with van der Waals surface area (Å²) in [5, 5.41) is 0. The highest BCUT2D eigenvalue weighted by Crippen LogP contribution is 2.65. The fraction of sp³-hybridized carbons (Fsp3) is 0.783. The molecule has 2 nitrogen and oxygen atoms in total. The normalized spacial score (nSPS) is 44.8. The van der Waals surface area contributed by atoms with Crippen molar-refractivity contribution in [1.82, 2.24) is 0 Å². The van der Waals surface area contributed by atoms with Crippen LogP contribution in [0.2, 0.25) is 0 Å². The number of Topliss-reactive ketones (excluding diaryl/α,β-unsaturated/α-hetero) is 1. The Bertz CT molecular complexity index is 663. The quantitative estimate of drug-likeness (QED) is 0.665.